The highest BCUT2D eigenvalue weighted by Gasteiger charge is 2.33. The molecular weight excluding hydrogens is 144 g/mol. The van der Waals surface area contributed by atoms with E-state index in [1.807, 2.05) is 34.6 Å². The second-order valence-electron chi connectivity index (χ2n) is 4.42. The Bertz CT molecular complexity index is 93.4. The summed E-state index contributed by atoms with van der Waals surface area (Å²) in [6.07, 6.45) is -0.372. The van der Waals surface area contributed by atoms with Crippen molar-refractivity contribution in [3.8, 4) is 0 Å². The van der Waals surface area contributed by atoms with Crippen LogP contribution in [0.5, 0.6) is 0 Å². The molecule has 0 amide bonds. The quantitative estimate of drug-likeness (QED) is 0.566. The van der Waals surface area contributed by atoms with Crippen molar-refractivity contribution in [2.24, 2.45) is 5.41 Å². The molecule has 0 rings (SSSR count). The number of thiol groups is 1. The van der Waals surface area contributed by atoms with E-state index in [1.54, 1.807) is 0 Å². The molecule has 0 saturated heterocycles. The van der Waals surface area contributed by atoms with E-state index in [1.165, 1.54) is 0 Å². The lowest BCUT2D eigenvalue weighted by Crippen LogP contribution is -2.41. The van der Waals surface area contributed by atoms with E-state index in [9.17, 15) is 5.11 Å². The predicted octanol–water partition coefficient (Wildman–Crippen LogP) is 2.10. The molecule has 1 nitrogen and oxygen atoms in total. The number of rotatable bonds is 1. The molecule has 0 spiro atoms. The minimum atomic E-state index is -0.372. The third-order valence-electron chi connectivity index (χ3n) is 1.49. The van der Waals surface area contributed by atoms with E-state index < -0.39 is 0 Å². The van der Waals surface area contributed by atoms with Crippen LogP contribution in [0.4, 0.5) is 0 Å². The van der Waals surface area contributed by atoms with E-state index in [0.717, 1.165) is 0 Å². The van der Waals surface area contributed by atoms with Gasteiger partial charge in [0.15, 0.2) is 0 Å². The molecule has 1 N–H and O–H groups in total. The summed E-state index contributed by atoms with van der Waals surface area (Å²) in [5.74, 6) is 0. The van der Waals surface area contributed by atoms with Gasteiger partial charge in [0.1, 0.15) is 0 Å². The first-order chi connectivity index (χ1) is 4.15. The fraction of sp³-hybridized carbons (Fsp3) is 1.00. The third-order valence-corrected chi connectivity index (χ3v) is 1.73. The Balaban J connectivity index is 4.23. The molecule has 1 atom stereocenters. The number of hydrogen-bond acceptors (Lipinski definition) is 2. The van der Waals surface area contributed by atoms with Crippen LogP contribution in [-0.4, -0.2) is 16.0 Å². The first kappa shape index (κ1) is 10.3. The van der Waals surface area contributed by atoms with Crippen molar-refractivity contribution in [1.29, 1.82) is 0 Å². The van der Waals surface area contributed by atoms with Crippen LogP contribution in [0.3, 0.4) is 0 Å². The first-order valence-electron chi connectivity index (χ1n) is 3.56. The predicted molar refractivity (Wildman–Crippen MR) is 48.5 cm³/mol. The summed E-state index contributed by atoms with van der Waals surface area (Å²) in [6, 6.07) is 0. The summed E-state index contributed by atoms with van der Waals surface area (Å²) in [7, 11) is 0. The average molecular weight is 162 g/mol. The lowest BCUT2D eigenvalue weighted by Gasteiger charge is -2.35. The SMILES string of the molecule is CC(C)(C)C(O)C(C)(C)S. The Labute approximate surface area is 69.2 Å². The molecule has 0 fully saturated rings. The van der Waals surface area contributed by atoms with Gasteiger partial charge < -0.3 is 5.11 Å². The smallest absolute Gasteiger partial charge is 0.0727 e. The van der Waals surface area contributed by atoms with E-state index in [2.05, 4.69) is 12.6 Å². The number of aliphatic hydroxyl groups excluding tert-OH is 1. The highest BCUT2D eigenvalue weighted by atomic mass is 32.1. The summed E-state index contributed by atoms with van der Waals surface area (Å²) >= 11 is 4.29. The maximum Gasteiger partial charge on any atom is 0.0727 e. The Morgan fingerprint density at radius 3 is 1.40 bits per heavy atom. The van der Waals surface area contributed by atoms with Crippen LogP contribution in [0, 0.1) is 5.41 Å². The van der Waals surface area contributed by atoms with Gasteiger partial charge in [-0.25, -0.2) is 0 Å². The molecule has 0 aromatic rings. The van der Waals surface area contributed by atoms with Crippen molar-refractivity contribution in [1.82, 2.24) is 0 Å². The average Bonchev–Trinajstić information content (AvgIpc) is 1.59. The third kappa shape index (κ3) is 2.93. The van der Waals surface area contributed by atoms with Gasteiger partial charge in [0, 0.05) is 4.75 Å². The Morgan fingerprint density at radius 1 is 1.10 bits per heavy atom. The Morgan fingerprint density at radius 2 is 1.40 bits per heavy atom. The van der Waals surface area contributed by atoms with E-state index in [0.29, 0.717) is 0 Å². The molecule has 0 aliphatic rings. The van der Waals surface area contributed by atoms with E-state index in [-0.39, 0.29) is 16.3 Å². The molecule has 0 heterocycles. The molecule has 0 aliphatic carbocycles. The van der Waals surface area contributed by atoms with Crippen molar-refractivity contribution < 1.29 is 5.11 Å². The monoisotopic (exact) mass is 162 g/mol. The van der Waals surface area contributed by atoms with Crippen molar-refractivity contribution in [3.63, 3.8) is 0 Å². The summed E-state index contributed by atoms with van der Waals surface area (Å²) in [4.78, 5) is 0. The molecule has 0 aromatic carbocycles. The number of aliphatic hydroxyl groups is 1. The fourth-order valence-electron chi connectivity index (χ4n) is 1.06. The van der Waals surface area contributed by atoms with Crippen LogP contribution < -0.4 is 0 Å². The van der Waals surface area contributed by atoms with Crippen molar-refractivity contribution >= 4 is 12.6 Å². The standard InChI is InChI=1S/C8H18OS/c1-7(2,3)6(9)8(4,5)10/h6,9-10H,1-5H3. The molecule has 0 radical (unpaired) electrons. The maximum absolute atomic E-state index is 9.65. The minimum absolute atomic E-state index is 0.0781. The zero-order chi connectivity index (χ0) is 8.58. The summed E-state index contributed by atoms with van der Waals surface area (Å²) in [5, 5.41) is 9.65. The molecule has 0 aromatic heterocycles. The Hall–Kier alpha value is 0.310. The van der Waals surface area contributed by atoms with E-state index in [4.69, 9.17) is 0 Å². The lowest BCUT2D eigenvalue weighted by molar-refractivity contribution is 0.0388. The number of hydrogen-bond donors (Lipinski definition) is 2. The maximum atomic E-state index is 9.65. The van der Waals surface area contributed by atoms with Gasteiger partial charge in [-0.05, 0) is 19.3 Å². The van der Waals surface area contributed by atoms with Gasteiger partial charge in [-0.15, -0.1) is 0 Å². The van der Waals surface area contributed by atoms with Crippen LogP contribution in [0.15, 0.2) is 0 Å². The topological polar surface area (TPSA) is 20.2 Å². The molecule has 0 bridgehead atoms. The Kier molecular flexibility index (Phi) is 2.83. The van der Waals surface area contributed by atoms with Gasteiger partial charge in [0.05, 0.1) is 6.10 Å². The molecule has 62 valence electrons. The summed E-state index contributed by atoms with van der Waals surface area (Å²) in [6.45, 7) is 9.87. The molecule has 1 unspecified atom stereocenters. The van der Waals surface area contributed by atoms with Gasteiger partial charge in [0.2, 0.25) is 0 Å². The molecule has 10 heavy (non-hydrogen) atoms. The fourth-order valence-corrected chi connectivity index (χ4v) is 1.45. The van der Waals surface area contributed by atoms with Gasteiger partial charge >= 0.3 is 0 Å². The van der Waals surface area contributed by atoms with Crippen molar-refractivity contribution in [2.45, 2.75) is 45.5 Å². The zero-order valence-electron chi connectivity index (χ0n) is 7.47. The van der Waals surface area contributed by atoms with Crippen molar-refractivity contribution in [2.75, 3.05) is 0 Å². The van der Waals surface area contributed by atoms with Crippen molar-refractivity contribution in [3.05, 3.63) is 0 Å². The lowest BCUT2D eigenvalue weighted by atomic mass is 9.82. The first-order valence-corrected chi connectivity index (χ1v) is 4.01. The normalized spacial score (nSPS) is 17.1. The zero-order valence-corrected chi connectivity index (χ0v) is 8.37. The van der Waals surface area contributed by atoms with Gasteiger partial charge in [-0.1, -0.05) is 20.8 Å². The second kappa shape index (κ2) is 2.74. The van der Waals surface area contributed by atoms with Gasteiger partial charge in [-0.3, -0.25) is 0 Å². The molecular formula is C8H18OS. The molecule has 2 heteroatoms. The summed E-state index contributed by atoms with van der Waals surface area (Å²) in [5.41, 5.74) is -0.0781. The van der Waals surface area contributed by atoms with E-state index >= 15 is 0 Å². The van der Waals surface area contributed by atoms with Crippen LogP contribution in [0.2, 0.25) is 0 Å². The van der Waals surface area contributed by atoms with Crippen LogP contribution >= 0.6 is 12.6 Å². The van der Waals surface area contributed by atoms with Crippen LogP contribution in [0.25, 0.3) is 0 Å². The summed E-state index contributed by atoms with van der Waals surface area (Å²) < 4.78 is -0.307. The molecule has 0 saturated carbocycles. The van der Waals surface area contributed by atoms with Gasteiger partial charge in [-0.2, -0.15) is 12.6 Å². The highest BCUT2D eigenvalue weighted by Crippen LogP contribution is 2.31. The largest absolute Gasteiger partial charge is 0.391 e. The minimum Gasteiger partial charge on any atom is -0.391 e. The second-order valence-corrected chi connectivity index (χ2v) is 5.57. The molecule has 0 aliphatic heterocycles. The van der Waals surface area contributed by atoms with Crippen LogP contribution in [0.1, 0.15) is 34.6 Å². The van der Waals surface area contributed by atoms with Gasteiger partial charge in [0.25, 0.3) is 0 Å². The highest BCUT2D eigenvalue weighted by molar-refractivity contribution is 7.81. The van der Waals surface area contributed by atoms with Crippen LogP contribution in [-0.2, 0) is 0 Å².